The van der Waals surface area contributed by atoms with Crippen LogP contribution < -0.4 is 0 Å². The van der Waals surface area contributed by atoms with E-state index in [0.717, 1.165) is 6.42 Å². The quantitative estimate of drug-likeness (QED) is 0.647. The summed E-state index contributed by atoms with van der Waals surface area (Å²) in [6.07, 6.45) is 1.79. The normalized spacial score (nSPS) is 27.8. The largest absolute Gasteiger partial charge is 0.481 e. The molecule has 0 aromatic rings. The molecule has 0 saturated heterocycles. The summed E-state index contributed by atoms with van der Waals surface area (Å²) in [4.78, 5) is 21.8. The molecule has 0 aliphatic heterocycles. The first-order valence-corrected chi connectivity index (χ1v) is 4.66. The first kappa shape index (κ1) is 9.58. The molecule has 1 fully saturated rings. The zero-order valence-corrected chi connectivity index (χ0v) is 7.59. The first-order chi connectivity index (χ1) is 5.66. The molecule has 1 N–H and O–H groups in total. The molecule has 0 spiro atoms. The average Bonchev–Trinajstić information content (AvgIpc) is 1.82. The fraction of sp³-hybridized carbons (Fsp3) is 0.750. The van der Waals surface area contributed by atoms with Crippen molar-refractivity contribution in [1.29, 1.82) is 0 Å². The lowest BCUT2D eigenvalue weighted by Crippen LogP contribution is -2.38. The standard InChI is InChI=1S/C8H12O3S/c9-7(3-4-12)5-1-2-6(5)8(10)11/h5-6,12H,1-4H2,(H,10,11)/t5-,6+/m0/s1. The van der Waals surface area contributed by atoms with E-state index in [4.69, 9.17) is 5.11 Å². The van der Waals surface area contributed by atoms with E-state index in [2.05, 4.69) is 12.6 Å². The van der Waals surface area contributed by atoms with Gasteiger partial charge in [-0.15, -0.1) is 0 Å². The number of carboxylic acid groups (broad SMARTS) is 1. The molecule has 1 saturated carbocycles. The Kier molecular flexibility index (Phi) is 3.14. The third-order valence-corrected chi connectivity index (χ3v) is 2.59. The summed E-state index contributed by atoms with van der Waals surface area (Å²) in [6.45, 7) is 0. The minimum atomic E-state index is -0.834. The van der Waals surface area contributed by atoms with Crippen molar-refractivity contribution in [1.82, 2.24) is 0 Å². The molecule has 0 unspecified atom stereocenters. The first-order valence-electron chi connectivity index (χ1n) is 4.03. The van der Waals surface area contributed by atoms with Crippen molar-refractivity contribution in [3.63, 3.8) is 0 Å². The molecule has 1 rings (SSSR count). The summed E-state index contributed by atoms with van der Waals surface area (Å²) in [5.74, 6) is -0.906. The predicted octanol–water partition coefficient (Wildman–Crippen LogP) is 0.986. The highest BCUT2D eigenvalue weighted by Crippen LogP contribution is 2.35. The van der Waals surface area contributed by atoms with Crippen LogP contribution in [0.2, 0.25) is 0 Å². The molecule has 12 heavy (non-hydrogen) atoms. The number of aliphatic carboxylic acids is 1. The topological polar surface area (TPSA) is 54.4 Å². The third-order valence-electron chi connectivity index (χ3n) is 2.36. The van der Waals surface area contributed by atoms with Gasteiger partial charge in [0.25, 0.3) is 0 Å². The lowest BCUT2D eigenvalue weighted by Gasteiger charge is -2.31. The van der Waals surface area contributed by atoms with Crippen LogP contribution in [-0.2, 0) is 9.59 Å². The molecule has 0 amide bonds. The van der Waals surface area contributed by atoms with Gasteiger partial charge in [-0.1, -0.05) is 0 Å². The minimum absolute atomic E-state index is 0.0589. The van der Waals surface area contributed by atoms with Crippen molar-refractivity contribution in [3.05, 3.63) is 0 Å². The maximum absolute atomic E-state index is 11.2. The van der Waals surface area contributed by atoms with Crippen molar-refractivity contribution in [2.75, 3.05) is 5.75 Å². The van der Waals surface area contributed by atoms with Gasteiger partial charge in [-0.05, 0) is 18.6 Å². The van der Waals surface area contributed by atoms with Crippen LogP contribution in [0.25, 0.3) is 0 Å². The van der Waals surface area contributed by atoms with Gasteiger partial charge in [0.2, 0.25) is 0 Å². The van der Waals surface area contributed by atoms with Crippen LogP contribution in [-0.4, -0.2) is 22.6 Å². The Morgan fingerprint density at radius 2 is 1.92 bits per heavy atom. The molecule has 0 aromatic heterocycles. The maximum Gasteiger partial charge on any atom is 0.307 e. The molecule has 1 aliphatic carbocycles. The molecular weight excluding hydrogens is 176 g/mol. The van der Waals surface area contributed by atoms with Crippen molar-refractivity contribution < 1.29 is 14.7 Å². The van der Waals surface area contributed by atoms with E-state index in [0.29, 0.717) is 18.6 Å². The van der Waals surface area contributed by atoms with Crippen molar-refractivity contribution in [2.24, 2.45) is 11.8 Å². The second-order valence-electron chi connectivity index (χ2n) is 3.07. The Bertz CT molecular complexity index is 202. The van der Waals surface area contributed by atoms with Gasteiger partial charge in [0.15, 0.2) is 0 Å². The van der Waals surface area contributed by atoms with Gasteiger partial charge in [0.05, 0.1) is 5.92 Å². The Labute approximate surface area is 76.6 Å². The number of Topliss-reactive ketones (excluding diaryl/α,β-unsaturated/α-hetero) is 1. The Morgan fingerprint density at radius 1 is 1.33 bits per heavy atom. The highest BCUT2D eigenvalue weighted by Gasteiger charge is 2.40. The summed E-state index contributed by atoms with van der Waals surface area (Å²) in [7, 11) is 0. The summed E-state index contributed by atoms with van der Waals surface area (Å²) in [6, 6.07) is 0. The molecule has 68 valence electrons. The second kappa shape index (κ2) is 3.94. The van der Waals surface area contributed by atoms with E-state index >= 15 is 0 Å². The lowest BCUT2D eigenvalue weighted by atomic mass is 9.71. The Balaban J connectivity index is 2.43. The fourth-order valence-electron chi connectivity index (χ4n) is 1.48. The van der Waals surface area contributed by atoms with Gasteiger partial charge < -0.3 is 5.11 Å². The molecule has 4 heteroatoms. The average molecular weight is 188 g/mol. The number of thiol groups is 1. The minimum Gasteiger partial charge on any atom is -0.481 e. The van der Waals surface area contributed by atoms with E-state index in [-0.39, 0.29) is 11.7 Å². The van der Waals surface area contributed by atoms with Gasteiger partial charge in [0, 0.05) is 12.3 Å². The smallest absolute Gasteiger partial charge is 0.307 e. The van der Waals surface area contributed by atoms with E-state index in [1.807, 2.05) is 0 Å². The molecule has 0 aromatic carbocycles. The maximum atomic E-state index is 11.2. The van der Waals surface area contributed by atoms with E-state index in [1.54, 1.807) is 0 Å². The monoisotopic (exact) mass is 188 g/mol. The highest BCUT2D eigenvalue weighted by molar-refractivity contribution is 7.80. The van der Waals surface area contributed by atoms with Crippen LogP contribution in [0, 0.1) is 11.8 Å². The zero-order chi connectivity index (χ0) is 9.14. The number of carbonyl (C=O) groups excluding carboxylic acids is 1. The summed E-state index contributed by atoms with van der Waals surface area (Å²) in [5.41, 5.74) is 0. The van der Waals surface area contributed by atoms with Gasteiger partial charge in [-0.2, -0.15) is 12.6 Å². The molecule has 1 aliphatic rings. The zero-order valence-electron chi connectivity index (χ0n) is 6.69. The van der Waals surface area contributed by atoms with Crippen LogP contribution >= 0.6 is 12.6 Å². The number of rotatable bonds is 4. The SMILES string of the molecule is O=C(CCS)[C@H]1CC[C@H]1C(=O)O. The van der Waals surface area contributed by atoms with Crippen LogP contribution in [0.4, 0.5) is 0 Å². The highest BCUT2D eigenvalue weighted by atomic mass is 32.1. The number of hydrogen-bond donors (Lipinski definition) is 2. The van der Waals surface area contributed by atoms with E-state index in [9.17, 15) is 9.59 Å². The van der Waals surface area contributed by atoms with Gasteiger partial charge in [-0.25, -0.2) is 0 Å². The van der Waals surface area contributed by atoms with Crippen LogP contribution in [0.15, 0.2) is 0 Å². The van der Waals surface area contributed by atoms with Crippen molar-refractivity contribution >= 4 is 24.4 Å². The Hall–Kier alpha value is -0.510. The molecule has 0 heterocycles. The summed E-state index contributed by atoms with van der Waals surface area (Å²) >= 11 is 3.93. The van der Waals surface area contributed by atoms with Crippen LogP contribution in [0.1, 0.15) is 19.3 Å². The van der Waals surface area contributed by atoms with E-state index in [1.165, 1.54) is 0 Å². The van der Waals surface area contributed by atoms with Gasteiger partial charge in [0.1, 0.15) is 5.78 Å². The second-order valence-corrected chi connectivity index (χ2v) is 3.52. The number of carboxylic acids is 1. The number of hydrogen-bond acceptors (Lipinski definition) is 3. The molecule has 0 radical (unpaired) electrons. The predicted molar refractivity (Wildman–Crippen MR) is 47.3 cm³/mol. The summed E-state index contributed by atoms with van der Waals surface area (Å²) in [5, 5.41) is 8.65. The van der Waals surface area contributed by atoms with Gasteiger partial charge >= 0.3 is 5.97 Å². The number of ketones is 1. The van der Waals surface area contributed by atoms with Gasteiger partial charge in [-0.3, -0.25) is 9.59 Å². The molecule has 2 atom stereocenters. The lowest BCUT2D eigenvalue weighted by molar-refractivity contribution is -0.152. The van der Waals surface area contributed by atoms with Crippen LogP contribution in [0.3, 0.4) is 0 Å². The van der Waals surface area contributed by atoms with Crippen molar-refractivity contribution in [3.8, 4) is 0 Å². The molecular formula is C8H12O3S. The third kappa shape index (κ3) is 1.80. The van der Waals surface area contributed by atoms with Crippen molar-refractivity contribution in [2.45, 2.75) is 19.3 Å². The Morgan fingerprint density at radius 3 is 2.25 bits per heavy atom. The molecule has 3 nitrogen and oxygen atoms in total. The molecule has 0 bridgehead atoms. The fourth-order valence-corrected chi connectivity index (χ4v) is 1.70. The number of carbonyl (C=O) groups is 2. The van der Waals surface area contributed by atoms with Crippen LogP contribution in [0.5, 0.6) is 0 Å². The van der Waals surface area contributed by atoms with E-state index < -0.39 is 11.9 Å². The summed E-state index contributed by atoms with van der Waals surface area (Å²) < 4.78 is 0.